The van der Waals surface area contributed by atoms with E-state index in [2.05, 4.69) is 26.2 Å². The molecule has 1 amide bonds. The lowest BCUT2D eigenvalue weighted by atomic mass is 10.1. The van der Waals surface area contributed by atoms with Crippen LogP contribution in [0, 0.1) is 0 Å². The van der Waals surface area contributed by atoms with Gasteiger partial charge in [-0.1, -0.05) is 34.1 Å². The highest BCUT2D eigenvalue weighted by atomic mass is 79.9. The Kier molecular flexibility index (Phi) is 4.57. The van der Waals surface area contributed by atoms with Gasteiger partial charge in [0.25, 0.3) is 5.91 Å². The van der Waals surface area contributed by atoms with Gasteiger partial charge in [-0.15, -0.1) is 0 Å². The van der Waals surface area contributed by atoms with E-state index in [4.69, 9.17) is 0 Å². The number of carbonyl (C=O) groups is 1. The van der Waals surface area contributed by atoms with Crippen LogP contribution in [-0.4, -0.2) is 15.5 Å². The number of nitrogens with one attached hydrogen (secondary N) is 1. The van der Waals surface area contributed by atoms with E-state index in [0.29, 0.717) is 5.56 Å². The van der Waals surface area contributed by atoms with Gasteiger partial charge in [0.15, 0.2) is 0 Å². The summed E-state index contributed by atoms with van der Waals surface area (Å²) in [5, 5.41) is 3.01. The Morgan fingerprint density at radius 1 is 1.22 bits per heavy atom. The minimum Gasteiger partial charge on any atom is -0.346 e. The molecule has 5 heteroatoms. The maximum atomic E-state index is 12.3. The quantitative estimate of drug-likeness (QED) is 0.751. The first-order chi connectivity index (χ1) is 11.1. The molecule has 23 heavy (non-hydrogen) atoms. The second-order valence-corrected chi connectivity index (χ2v) is 6.18. The van der Waals surface area contributed by atoms with Crippen molar-refractivity contribution in [1.82, 2.24) is 14.9 Å². The average Bonchev–Trinajstić information content (AvgIpc) is 3.09. The van der Waals surface area contributed by atoms with Gasteiger partial charge in [-0.25, -0.2) is 4.98 Å². The van der Waals surface area contributed by atoms with Crippen molar-refractivity contribution in [3.8, 4) is 5.69 Å². The summed E-state index contributed by atoms with van der Waals surface area (Å²) < 4.78 is 2.83. The van der Waals surface area contributed by atoms with E-state index in [0.717, 1.165) is 15.7 Å². The largest absolute Gasteiger partial charge is 0.346 e. The highest BCUT2D eigenvalue weighted by Crippen LogP contribution is 2.17. The van der Waals surface area contributed by atoms with Crippen LogP contribution >= 0.6 is 15.9 Å². The zero-order valence-electron chi connectivity index (χ0n) is 12.6. The van der Waals surface area contributed by atoms with E-state index in [1.807, 2.05) is 60.2 Å². The number of halogens is 1. The summed E-state index contributed by atoms with van der Waals surface area (Å²) in [5.74, 6) is -0.0857. The second kappa shape index (κ2) is 6.79. The molecule has 0 saturated carbocycles. The molecule has 1 N–H and O–H groups in total. The summed E-state index contributed by atoms with van der Waals surface area (Å²) in [5.41, 5.74) is 2.73. The monoisotopic (exact) mass is 369 g/mol. The Hall–Kier alpha value is -2.40. The van der Waals surface area contributed by atoms with Crippen molar-refractivity contribution in [3.63, 3.8) is 0 Å². The van der Waals surface area contributed by atoms with Crippen LogP contribution < -0.4 is 5.32 Å². The zero-order chi connectivity index (χ0) is 16.2. The molecule has 1 unspecified atom stereocenters. The minimum atomic E-state index is -0.0857. The summed E-state index contributed by atoms with van der Waals surface area (Å²) in [6.45, 7) is 1.97. The second-order valence-electron chi connectivity index (χ2n) is 5.27. The normalized spacial score (nSPS) is 11.9. The Morgan fingerprint density at radius 3 is 2.65 bits per heavy atom. The molecule has 0 saturated heterocycles. The molecule has 0 spiro atoms. The molecule has 2 aromatic carbocycles. The van der Waals surface area contributed by atoms with Gasteiger partial charge >= 0.3 is 0 Å². The topological polar surface area (TPSA) is 46.9 Å². The molecule has 1 aromatic heterocycles. The third-order valence-electron chi connectivity index (χ3n) is 3.63. The number of nitrogens with zero attached hydrogens (tertiary/aromatic N) is 2. The van der Waals surface area contributed by atoms with Gasteiger partial charge in [-0.2, -0.15) is 0 Å². The standard InChI is InChI=1S/C18H16BrN3O/c1-13(21-18(23)15-3-2-4-16(19)11-15)14-5-7-17(8-6-14)22-10-9-20-12-22/h2-13H,1H3,(H,21,23). The SMILES string of the molecule is CC(NC(=O)c1cccc(Br)c1)c1ccc(-n2ccnc2)cc1. The number of rotatable bonds is 4. The Morgan fingerprint density at radius 2 is 2.00 bits per heavy atom. The molecule has 3 rings (SSSR count). The molecule has 1 heterocycles. The van der Waals surface area contributed by atoms with Crippen molar-refractivity contribution in [3.05, 3.63) is 82.9 Å². The lowest BCUT2D eigenvalue weighted by Crippen LogP contribution is -2.26. The number of amides is 1. The molecule has 0 aliphatic rings. The Balaban J connectivity index is 1.70. The molecule has 3 aromatic rings. The van der Waals surface area contributed by atoms with Gasteiger partial charge in [0.05, 0.1) is 12.4 Å². The highest BCUT2D eigenvalue weighted by Gasteiger charge is 2.11. The van der Waals surface area contributed by atoms with Crippen molar-refractivity contribution in [2.45, 2.75) is 13.0 Å². The van der Waals surface area contributed by atoms with Crippen LogP contribution in [0.4, 0.5) is 0 Å². The first kappa shape index (κ1) is 15.5. The van der Waals surface area contributed by atoms with E-state index in [9.17, 15) is 4.79 Å². The van der Waals surface area contributed by atoms with Crippen molar-refractivity contribution >= 4 is 21.8 Å². The van der Waals surface area contributed by atoms with Gasteiger partial charge in [-0.05, 0) is 42.8 Å². The van der Waals surface area contributed by atoms with Crippen LogP contribution in [0.3, 0.4) is 0 Å². The van der Waals surface area contributed by atoms with Gasteiger partial charge in [0.2, 0.25) is 0 Å². The fraction of sp³-hybridized carbons (Fsp3) is 0.111. The van der Waals surface area contributed by atoms with Crippen LogP contribution in [0.2, 0.25) is 0 Å². The highest BCUT2D eigenvalue weighted by molar-refractivity contribution is 9.10. The third-order valence-corrected chi connectivity index (χ3v) is 4.12. The lowest BCUT2D eigenvalue weighted by molar-refractivity contribution is 0.0940. The molecule has 1 atom stereocenters. The van der Waals surface area contributed by atoms with Crippen LogP contribution in [0.5, 0.6) is 0 Å². The van der Waals surface area contributed by atoms with Gasteiger partial charge < -0.3 is 9.88 Å². The number of carbonyl (C=O) groups excluding carboxylic acids is 1. The predicted octanol–water partition coefficient (Wildman–Crippen LogP) is 4.13. The minimum absolute atomic E-state index is 0.0710. The summed E-state index contributed by atoms with van der Waals surface area (Å²) in [6, 6.07) is 15.3. The number of imidazole rings is 1. The number of benzene rings is 2. The fourth-order valence-corrected chi connectivity index (χ4v) is 2.74. The van der Waals surface area contributed by atoms with E-state index >= 15 is 0 Å². The van der Waals surface area contributed by atoms with Crippen LogP contribution in [-0.2, 0) is 0 Å². The van der Waals surface area contributed by atoms with Gasteiger partial charge in [-0.3, -0.25) is 4.79 Å². The van der Waals surface area contributed by atoms with E-state index in [-0.39, 0.29) is 11.9 Å². The molecule has 0 fully saturated rings. The lowest BCUT2D eigenvalue weighted by Gasteiger charge is -2.15. The van der Waals surface area contributed by atoms with Crippen molar-refractivity contribution in [2.24, 2.45) is 0 Å². The number of hydrogen-bond donors (Lipinski definition) is 1. The van der Waals surface area contributed by atoms with Crippen molar-refractivity contribution in [2.75, 3.05) is 0 Å². The Labute approximate surface area is 143 Å². The van der Waals surface area contributed by atoms with Crippen LogP contribution in [0.15, 0.2) is 71.7 Å². The van der Waals surface area contributed by atoms with E-state index < -0.39 is 0 Å². The van der Waals surface area contributed by atoms with Crippen molar-refractivity contribution < 1.29 is 4.79 Å². The summed E-state index contributed by atoms with van der Waals surface area (Å²) in [7, 11) is 0. The van der Waals surface area contributed by atoms with E-state index in [1.54, 1.807) is 18.6 Å². The predicted molar refractivity (Wildman–Crippen MR) is 93.6 cm³/mol. The maximum Gasteiger partial charge on any atom is 0.251 e. The summed E-state index contributed by atoms with van der Waals surface area (Å²) in [4.78, 5) is 16.3. The first-order valence-corrected chi connectivity index (χ1v) is 8.07. The maximum absolute atomic E-state index is 12.3. The average molecular weight is 370 g/mol. The number of hydrogen-bond acceptors (Lipinski definition) is 2. The van der Waals surface area contributed by atoms with Gasteiger partial charge in [0, 0.05) is 28.1 Å². The Bertz CT molecular complexity index is 797. The molecule has 0 aliphatic heterocycles. The molecule has 116 valence electrons. The fourth-order valence-electron chi connectivity index (χ4n) is 2.34. The van der Waals surface area contributed by atoms with E-state index in [1.165, 1.54) is 0 Å². The van der Waals surface area contributed by atoms with Crippen molar-refractivity contribution in [1.29, 1.82) is 0 Å². The summed E-state index contributed by atoms with van der Waals surface area (Å²) >= 11 is 3.38. The van der Waals surface area contributed by atoms with Gasteiger partial charge in [0.1, 0.15) is 0 Å². The third kappa shape index (κ3) is 3.68. The molecule has 0 aliphatic carbocycles. The molecular formula is C18H16BrN3O. The molecule has 0 bridgehead atoms. The van der Waals surface area contributed by atoms with Crippen LogP contribution in [0.1, 0.15) is 28.9 Å². The molecular weight excluding hydrogens is 354 g/mol. The molecule has 0 radical (unpaired) electrons. The first-order valence-electron chi connectivity index (χ1n) is 7.28. The molecule has 4 nitrogen and oxygen atoms in total. The summed E-state index contributed by atoms with van der Waals surface area (Å²) in [6.07, 6.45) is 5.40. The number of aromatic nitrogens is 2. The zero-order valence-corrected chi connectivity index (χ0v) is 14.2. The smallest absolute Gasteiger partial charge is 0.251 e. The van der Waals surface area contributed by atoms with Crippen LogP contribution in [0.25, 0.3) is 5.69 Å².